The molecule has 4 atom stereocenters. The van der Waals surface area contributed by atoms with Crippen molar-refractivity contribution >= 4 is 11.9 Å². The van der Waals surface area contributed by atoms with Crippen LogP contribution in [0.15, 0.2) is 60.7 Å². The van der Waals surface area contributed by atoms with E-state index in [4.69, 9.17) is 4.74 Å². The Labute approximate surface area is 158 Å². The number of aliphatic hydroxyl groups is 2. The van der Waals surface area contributed by atoms with Crippen LogP contribution < -0.4 is 0 Å². The molecule has 1 heterocycles. The average molecular weight is 394 g/mol. The minimum atomic E-state index is -4.30. The molecule has 2 aromatic carbocycles. The van der Waals surface area contributed by atoms with Gasteiger partial charge in [-0.05, 0) is 24.3 Å². The first kappa shape index (κ1) is 19.9. The van der Waals surface area contributed by atoms with Gasteiger partial charge in [-0.3, -0.25) is 0 Å². The van der Waals surface area contributed by atoms with Gasteiger partial charge in [-0.15, -0.1) is 0 Å². The summed E-state index contributed by atoms with van der Waals surface area (Å²) in [6.07, 6.45) is -12.7. The number of carbonyl (C=O) groups is 2. The van der Waals surface area contributed by atoms with Crippen molar-refractivity contribution in [1.29, 1.82) is 0 Å². The summed E-state index contributed by atoms with van der Waals surface area (Å²) in [4.78, 5) is 24.1. The van der Waals surface area contributed by atoms with E-state index in [1.54, 1.807) is 12.1 Å². The van der Waals surface area contributed by atoms with Gasteiger partial charge in [0.2, 0.25) is 6.10 Å². The van der Waals surface area contributed by atoms with Gasteiger partial charge in [0.05, 0.1) is 11.1 Å². The average Bonchev–Trinajstić information content (AvgIpc) is 2.98. The van der Waals surface area contributed by atoms with Crippen LogP contribution in [0, 0.1) is 0 Å². The van der Waals surface area contributed by atoms with E-state index in [-0.39, 0.29) is 11.1 Å². The molecule has 2 N–H and O–H groups in total. The van der Waals surface area contributed by atoms with E-state index in [1.807, 2.05) is 0 Å². The summed E-state index contributed by atoms with van der Waals surface area (Å²) in [5.41, 5.74) is -0.0986. The van der Waals surface area contributed by atoms with Crippen LogP contribution in [0.4, 0.5) is 8.78 Å². The number of carbonyl (C=O) groups excluding carboxylic acids is 2. The summed E-state index contributed by atoms with van der Waals surface area (Å²) in [6.45, 7) is 0. The Kier molecular flexibility index (Phi) is 5.68. The number of hydrogen-bond donors (Lipinski definition) is 2. The fourth-order valence-electron chi connectivity index (χ4n) is 2.63. The van der Waals surface area contributed by atoms with Gasteiger partial charge in [0.25, 0.3) is 0 Å². The number of esters is 2. The molecule has 0 radical (unpaired) electrons. The minimum Gasteiger partial charge on any atom is -0.453 e. The van der Waals surface area contributed by atoms with Gasteiger partial charge < -0.3 is 24.4 Å². The summed E-state index contributed by atoms with van der Waals surface area (Å²) < 4.78 is 42.8. The first-order valence-corrected chi connectivity index (χ1v) is 8.23. The van der Waals surface area contributed by atoms with Crippen molar-refractivity contribution in [2.24, 2.45) is 0 Å². The normalized spacial score (nSPS) is 24.6. The SMILES string of the molecule is O=C(O[C@H]1[C@@H](O)C(O)O[C@@H]1C(F)(F)OC(=O)c1ccccc1)c1ccccc1. The van der Waals surface area contributed by atoms with Crippen molar-refractivity contribution < 1.29 is 42.8 Å². The molecule has 1 saturated heterocycles. The molecule has 28 heavy (non-hydrogen) atoms. The number of ether oxygens (including phenoxy) is 3. The predicted octanol–water partition coefficient (Wildman–Crippen LogP) is 1.74. The Balaban J connectivity index is 1.77. The van der Waals surface area contributed by atoms with E-state index >= 15 is 0 Å². The summed E-state index contributed by atoms with van der Waals surface area (Å²) in [7, 11) is 0. The molecule has 148 valence electrons. The second kappa shape index (κ2) is 8.01. The third-order valence-corrected chi connectivity index (χ3v) is 4.04. The van der Waals surface area contributed by atoms with Crippen LogP contribution in [0.3, 0.4) is 0 Å². The summed E-state index contributed by atoms with van der Waals surface area (Å²) in [5.74, 6) is -2.37. The second-order valence-electron chi connectivity index (χ2n) is 5.99. The van der Waals surface area contributed by atoms with Crippen molar-refractivity contribution in [3.8, 4) is 0 Å². The number of alkyl halides is 2. The molecule has 0 spiro atoms. The Morgan fingerprint density at radius 1 is 0.893 bits per heavy atom. The van der Waals surface area contributed by atoms with Crippen molar-refractivity contribution in [2.75, 3.05) is 0 Å². The smallest absolute Gasteiger partial charge is 0.431 e. The highest BCUT2D eigenvalue weighted by Crippen LogP contribution is 2.36. The van der Waals surface area contributed by atoms with Gasteiger partial charge in [-0.2, -0.15) is 8.78 Å². The van der Waals surface area contributed by atoms with Crippen molar-refractivity contribution in [3.63, 3.8) is 0 Å². The third-order valence-electron chi connectivity index (χ3n) is 4.04. The zero-order valence-corrected chi connectivity index (χ0v) is 14.3. The molecular weight excluding hydrogens is 378 g/mol. The maximum absolute atomic E-state index is 14.5. The van der Waals surface area contributed by atoms with Crippen LogP contribution in [0.1, 0.15) is 20.7 Å². The van der Waals surface area contributed by atoms with Gasteiger partial charge in [0.1, 0.15) is 6.10 Å². The Morgan fingerprint density at radius 3 is 1.93 bits per heavy atom. The van der Waals surface area contributed by atoms with E-state index in [0.29, 0.717) is 0 Å². The van der Waals surface area contributed by atoms with E-state index in [9.17, 15) is 28.6 Å². The topological polar surface area (TPSA) is 102 Å². The molecule has 1 aliphatic rings. The molecule has 1 aliphatic heterocycles. The molecule has 0 aliphatic carbocycles. The van der Waals surface area contributed by atoms with Crippen LogP contribution in [0.2, 0.25) is 0 Å². The van der Waals surface area contributed by atoms with Crippen LogP contribution in [0.25, 0.3) is 0 Å². The van der Waals surface area contributed by atoms with Gasteiger partial charge in [-0.1, -0.05) is 36.4 Å². The highest BCUT2D eigenvalue weighted by molar-refractivity contribution is 5.90. The van der Waals surface area contributed by atoms with E-state index < -0.39 is 42.6 Å². The monoisotopic (exact) mass is 394 g/mol. The Bertz CT molecular complexity index is 829. The number of aliphatic hydroxyl groups excluding tert-OH is 2. The van der Waals surface area contributed by atoms with Crippen LogP contribution in [-0.2, 0) is 14.2 Å². The Morgan fingerprint density at radius 2 is 1.39 bits per heavy atom. The molecule has 0 saturated carbocycles. The fraction of sp³-hybridized carbons (Fsp3) is 0.263. The quantitative estimate of drug-likeness (QED) is 0.745. The van der Waals surface area contributed by atoms with Crippen LogP contribution in [-0.4, -0.2) is 52.9 Å². The first-order valence-electron chi connectivity index (χ1n) is 8.23. The first-order chi connectivity index (χ1) is 13.3. The molecule has 0 amide bonds. The van der Waals surface area contributed by atoms with Crippen molar-refractivity contribution in [1.82, 2.24) is 0 Å². The molecule has 9 heteroatoms. The minimum absolute atomic E-state index is 0.0411. The number of hydrogen-bond acceptors (Lipinski definition) is 7. The largest absolute Gasteiger partial charge is 0.453 e. The third kappa shape index (κ3) is 4.16. The van der Waals surface area contributed by atoms with Crippen LogP contribution >= 0.6 is 0 Å². The molecule has 2 aromatic rings. The lowest BCUT2D eigenvalue weighted by molar-refractivity contribution is -0.286. The highest BCUT2D eigenvalue weighted by Gasteiger charge is 2.60. The Hall–Kier alpha value is -2.88. The van der Waals surface area contributed by atoms with Gasteiger partial charge in [0.15, 0.2) is 12.4 Å². The molecule has 3 rings (SSSR count). The van der Waals surface area contributed by atoms with E-state index in [2.05, 4.69) is 9.47 Å². The van der Waals surface area contributed by atoms with Gasteiger partial charge in [-0.25, -0.2) is 9.59 Å². The standard InChI is InChI=1S/C19H16F2O7/c20-19(21,28-17(24)12-9-5-2-6-10-12)15-14(13(22)18(25)27-15)26-16(23)11-7-3-1-4-8-11/h1-10,13-15,18,22,25H/t13-,14+,15+,18?/m1/s1. The number of halogens is 2. The molecule has 1 fully saturated rings. The van der Waals surface area contributed by atoms with Crippen LogP contribution in [0.5, 0.6) is 0 Å². The summed E-state index contributed by atoms with van der Waals surface area (Å²) >= 11 is 0. The predicted molar refractivity (Wildman–Crippen MR) is 89.3 cm³/mol. The molecule has 0 aromatic heterocycles. The molecule has 0 bridgehead atoms. The lowest BCUT2D eigenvalue weighted by Crippen LogP contribution is -2.48. The number of rotatable bonds is 5. The van der Waals surface area contributed by atoms with E-state index in [1.165, 1.54) is 48.5 Å². The molecular formula is C19H16F2O7. The zero-order valence-electron chi connectivity index (χ0n) is 14.3. The number of benzene rings is 2. The second-order valence-corrected chi connectivity index (χ2v) is 5.99. The van der Waals surface area contributed by atoms with E-state index in [0.717, 1.165) is 0 Å². The lowest BCUT2D eigenvalue weighted by atomic mass is 10.1. The maximum Gasteiger partial charge on any atom is 0.431 e. The molecule has 7 nitrogen and oxygen atoms in total. The van der Waals surface area contributed by atoms with Gasteiger partial charge in [0, 0.05) is 0 Å². The summed E-state index contributed by atoms with van der Waals surface area (Å²) in [5, 5.41) is 19.5. The lowest BCUT2D eigenvalue weighted by Gasteiger charge is -2.26. The van der Waals surface area contributed by atoms with Crippen molar-refractivity contribution in [3.05, 3.63) is 71.8 Å². The highest BCUT2D eigenvalue weighted by atomic mass is 19.3. The van der Waals surface area contributed by atoms with Crippen molar-refractivity contribution in [2.45, 2.75) is 30.7 Å². The summed E-state index contributed by atoms with van der Waals surface area (Å²) in [6, 6.07) is 14.5. The van der Waals surface area contributed by atoms with Gasteiger partial charge >= 0.3 is 18.0 Å². The zero-order chi connectivity index (χ0) is 20.3. The molecule has 1 unspecified atom stereocenters. The maximum atomic E-state index is 14.5. The fourth-order valence-corrected chi connectivity index (χ4v) is 2.63.